The van der Waals surface area contributed by atoms with Gasteiger partial charge in [0, 0.05) is 6.07 Å². The molecule has 11 heteroatoms. The van der Waals surface area contributed by atoms with Crippen molar-refractivity contribution in [1.82, 2.24) is 0 Å². The number of benzene rings is 2. The van der Waals surface area contributed by atoms with Crippen LogP contribution in [0.4, 0.5) is 0 Å². The van der Waals surface area contributed by atoms with Crippen molar-refractivity contribution in [2.75, 3.05) is 13.7 Å². The zero-order valence-corrected chi connectivity index (χ0v) is 17.3. The van der Waals surface area contributed by atoms with Gasteiger partial charge in [-0.15, -0.1) is 0 Å². The molecule has 0 saturated carbocycles. The van der Waals surface area contributed by atoms with Crippen LogP contribution in [0.2, 0.25) is 0 Å². The van der Waals surface area contributed by atoms with E-state index in [0.29, 0.717) is 5.56 Å². The van der Waals surface area contributed by atoms with Crippen molar-refractivity contribution in [3.63, 3.8) is 0 Å². The van der Waals surface area contributed by atoms with Crippen LogP contribution in [0.3, 0.4) is 0 Å². The molecule has 1 aliphatic rings. The second-order valence-corrected chi connectivity index (χ2v) is 7.47. The van der Waals surface area contributed by atoms with Gasteiger partial charge in [0.05, 0.1) is 19.3 Å². The molecule has 1 aromatic heterocycles. The van der Waals surface area contributed by atoms with Crippen LogP contribution in [0.25, 0.3) is 22.1 Å². The fourth-order valence-electron chi connectivity index (χ4n) is 3.64. The minimum absolute atomic E-state index is 0.0171. The van der Waals surface area contributed by atoms with Crippen molar-refractivity contribution in [2.24, 2.45) is 0 Å². The van der Waals surface area contributed by atoms with Gasteiger partial charge in [0.15, 0.2) is 11.5 Å². The van der Waals surface area contributed by atoms with E-state index in [1.54, 1.807) is 0 Å². The second-order valence-electron chi connectivity index (χ2n) is 7.47. The quantitative estimate of drug-likeness (QED) is 0.302. The molecule has 2 aromatic carbocycles. The zero-order valence-electron chi connectivity index (χ0n) is 17.3. The standard InChI is InChI=1S/C22H22O11/c1-30-21-13(32-22-20(29)19(28)17(26)14(7-23)33-22)6-12-15(18(21)27)16(25)11(8-31-12)9-2-4-10(24)5-3-9/h2-6,8,14,17,19-20,22-24,26-29H,7H2,1H3/t14-,17+,19+,20+,22-/m0/s1. The number of aliphatic hydroxyl groups excluding tert-OH is 4. The summed E-state index contributed by atoms with van der Waals surface area (Å²) >= 11 is 0. The topological polar surface area (TPSA) is 179 Å². The molecule has 0 radical (unpaired) electrons. The maximum Gasteiger partial charge on any atom is 0.229 e. The molecule has 6 N–H and O–H groups in total. The van der Waals surface area contributed by atoms with Crippen LogP contribution in [-0.4, -0.2) is 75.1 Å². The molecule has 0 bridgehead atoms. The van der Waals surface area contributed by atoms with Gasteiger partial charge in [-0.2, -0.15) is 0 Å². The predicted octanol–water partition coefficient (Wildman–Crippen LogP) is 0.0585. The van der Waals surface area contributed by atoms with Crippen molar-refractivity contribution in [1.29, 1.82) is 0 Å². The second kappa shape index (κ2) is 8.89. The highest BCUT2D eigenvalue weighted by Crippen LogP contribution is 2.43. The van der Waals surface area contributed by atoms with E-state index in [0.717, 1.165) is 0 Å². The molecule has 0 amide bonds. The maximum atomic E-state index is 13.1. The molecular weight excluding hydrogens is 440 g/mol. The molecule has 2 heterocycles. The summed E-state index contributed by atoms with van der Waals surface area (Å²) in [7, 11) is 1.21. The van der Waals surface area contributed by atoms with Crippen molar-refractivity contribution in [3.05, 3.63) is 46.8 Å². The highest BCUT2D eigenvalue weighted by atomic mass is 16.7. The van der Waals surface area contributed by atoms with E-state index in [2.05, 4.69) is 0 Å². The molecule has 11 nitrogen and oxygen atoms in total. The Morgan fingerprint density at radius 2 is 1.73 bits per heavy atom. The van der Waals surface area contributed by atoms with Crippen LogP contribution in [0.5, 0.6) is 23.0 Å². The lowest BCUT2D eigenvalue weighted by molar-refractivity contribution is -0.277. The fourth-order valence-corrected chi connectivity index (χ4v) is 3.64. The Hall–Kier alpha value is -3.35. The lowest BCUT2D eigenvalue weighted by atomic mass is 9.99. The minimum atomic E-state index is -1.70. The largest absolute Gasteiger partial charge is 0.508 e. The number of methoxy groups -OCH3 is 1. The van der Waals surface area contributed by atoms with Gasteiger partial charge in [0.1, 0.15) is 47.4 Å². The molecule has 3 aromatic rings. The number of phenols is 2. The molecule has 4 rings (SSSR count). The molecule has 0 spiro atoms. The Morgan fingerprint density at radius 1 is 1.03 bits per heavy atom. The third-order valence-corrected chi connectivity index (χ3v) is 5.43. The van der Waals surface area contributed by atoms with Gasteiger partial charge in [-0.25, -0.2) is 0 Å². The molecule has 1 aliphatic heterocycles. The van der Waals surface area contributed by atoms with E-state index in [-0.39, 0.29) is 33.8 Å². The van der Waals surface area contributed by atoms with Crippen molar-refractivity contribution in [3.8, 4) is 34.1 Å². The average molecular weight is 462 g/mol. The predicted molar refractivity (Wildman–Crippen MR) is 112 cm³/mol. The summed E-state index contributed by atoms with van der Waals surface area (Å²) in [4.78, 5) is 13.1. The SMILES string of the molecule is COc1c(O[C@H]2O[C@@H](CO)[C@@H](O)[C@@H](O)[C@H]2O)cc2occ(-c3ccc(O)cc3)c(=O)c2c1O. The van der Waals surface area contributed by atoms with E-state index in [4.69, 9.17) is 18.6 Å². The number of ether oxygens (including phenoxy) is 3. The van der Waals surface area contributed by atoms with Crippen molar-refractivity contribution < 1.29 is 49.3 Å². The van der Waals surface area contributed by atoms with Crippen LogP contribution in [0, 0.1) is 0 Å². The number of hydrogen-bond donors (Lipinski definition) is 6. The summed E-state index contributed by atoms with van der Waals surface area (Å²) in [6.07, 6.45) is -6.52. The van der Waals surface area contributed by atoms with Gasteiger partial charge < -0.3 is 49.3 Å². The first kappa shape index (κ1) is 22.8. The highest BCUT2D eigenvalue weighted by Gasteiger charge is 2.45. The van der Waals surface area contributed by atoms with Crippen LogP contribution < -0.4 is 14.9 Å². The summed E-state index contributed by atoms with van der Waals surface area (Å²) in [6.45, 7) is -0.653. The third-order valence-electron chi connectivity index (χ3n) is 5.43. The van der Waals surface area contributed by atoms with Crippen LogP contribution >= 0.6 is 0 Å². The first-order valence-corrected chi connectivity index (χ1v) is 9.88. The first-order valence-electron chi connectivity index (χ1n) is 9.88. The Bertz CT molecular complexity index is 1200. The van der Waals surface area contributed by atoms with Gasteiger partial charge in [-0.05, 0) is 17.7 Å². The van der Waals surface area contributed by atoms with E-state index in [1.807, 2.05) is 0 Å². The highest BCUT2D eigenvalue weighted by molar-refractivity contribution is 5.91. The van der Waals surface area contributed by atoms with Gasteiger partial charge in [0.2, 0.25) is 17.5 Å². The number of aliphatic hydroxyl groups is 4. The van der Waals surface area contributed by atoms with Gasteiger partial charge in [-0.1, -0.05) is 12.1 Å². The number of aromatic hydroxyl groups is 2. The molecule has 1 saturated heterocycles. The number of hydrogen-bond acceptors (Lipinski definition) is 11. The van der Waals surface area contributed by atoms with Gasteiger partial charge in [-0.3, -0.25) is 4.79 Å². The zero-order chi connectivity index (χ0) is 23.9. The lowest BCUT2D eigenvalue weighted by Gasteiger charge is -2.39. The smallest absolute Gasteiger partial charge is 0.229 e. The summed E-state index contributed by atoms with van der Waals surface area (Å²) in [5.41, 5.74) is -0.0662. The summed E-state index contributed by atoms with van der Waals surface area (Å²) < 4.78 is 21.6. The molecule has 176 valence electrons. The molecule has 5 atom stereocenters. The third kappa shape index (κ3) is 3.96. The molecule has 1 fully saturated rings. The Balaban J connectivity index is 1.77. The van der Waals surface area contributed by atoms with Crippen LogP contribution in [0.1, 0.15) is 0 Å². The van der Waals surface area contributed by atoms with Crippen molar-refractivity contribution in [2.45, 2.75) is 30.7 Å². The summed E-state index contributed by atoms with van der Waals surface area (Å²) in [5, 5.41) is 59.5. The van der Waals surface area contributed by atoms with E-state index < -0.39 is 48.5 Å². The monoisotopic (exact) mass is 462 g/mol. The minimum Gasteiger partial charge on any atom is -0.508 e. The van der Waals surface area contributed by atoms with Crippen LogP contribution in [-0.2, 0) is 4.74 Å². The Morgan fingerprint density at radius 3 is 2.36 bits per heavy atom. The Kier molecular flexibility index (Phi) is 6.15. The van der Waals surface area contributed by atoms with E-state index >= 15 is 0 Å². The molecular formula is C22H22O11. The van der Waals surface area contributed by atoms with Gasteiger partial charge in [0.25, 0.3) is 0 Å². The average Bonchev–Trinajstić information content (AvgIpc) is 2.80. The Labute approximate surface area is 186 Å². The summed E-state index contributed by atoms with van der Waals surface area (Å²) in [5.74, 6) is -1.03. The van der Waals surface area contributed by atoms with E-state index in [1.165, 1.54) is 43.7 Å². The fraction of sp³-hybridized carbons (Fsp3) is 0.318. The first-order chi connectivity index (χ1) is 15.8. The summed E-state index contributed by atoms with van der Waals surface area (Å²) in [6, 6.07) is 7.06. The van der Waals surface area contributed by atoms with E-state index in [9.17, 15) is 35.4 Å². The number of phenolic OH excluding ortho intramolecular Hbond substituents is 2. The van der Waals surface area contributed by atoms with Crippen molar-refractivity contribution >= 4 is 11.0 Å². The number of rotatable bonds is 5. The normalized spacial score (nSPS) is 25.2. The molecule has 0 aliphatic carbocycles. The van der Waals surface area contributed by atoms with Gasteiger partial charge >= 0.3 is 0 Å². The van der Waals surface area contributed by atoms with Crippen LogP contribution in [0.15, 0.2) is 45.8 Å². The molecule has 33 heavy (non-hydrogen) atoms. The maximum absolute atomic E-state index is 13.1. The molecule has 0 unspecified atom stereocenters. The number of fused-ring (bicyclic) bond motifs is 1. The lowest BCUT2D eigenvalue weighted by Crippen LogP contribution is -2.60.